The zero-order valence-electron chi connectivity index (χ0n) is 16.0. The first-order valence-electron chi connectivity index (χ1n) is 10.1. The normalized spacial score (nSPS) is 20.3. The van der Waals surface area contributed by atoms with Gasteiger partial charge in [-0.05, 0) is 79.2 Å². The molecule has 136 valence electrons. The van der Waals surface area contributed by atoms with Gasteiger partial charge in [-0.2, -0.15) is 0 Å². The van der Waals surface area contributed by atoms with Crippen molar-refractivity contribution >= 4 is 11.9 Å². The van der Waals surface area contributed by atoms with Gasteiger partial charge >= 0.3 is 0 Å². The maximum Gasteiger partial charge on any atom is 0.0630 e. The van der Waals surface area contributed by atoms with E-state index in [4.69, 9.17) is 0 Å². The van der Waals surface area contributed by atoms with E-state index in [0.29, 0.717) is 0 Å². The molecule has 1 saturated carbocycles. The van der Waals surface area contributed by atoms with E-state index < -0.39 is 0 Å². The van der Waals surface area contributed by atoms with Crippen LogP contribution in [0.5, 0.6) is 0 Å². The van der Waals surface area contributed by atoms with Crippen molar-refractivity contribution in [2.45, 2.75) is 57.8 Å². The van der Waals surface area contributed by atoms with Crippen LogP contribution in [-0.4, -0.2) is 6.21 Å². The zero-order valence-corrected chi connectivity index (χ0v) is 16.0. The van der Waals surface area contributed by atoms with Crippen LogP contribution in [0.4, 0.5) is 5.69 Å². The quantitative estimate of drug-likeness (QED) is 0.370. The molecule has 1 aliphatic carbocycles. The molecule has 1 aliphatic rings. The molecule has 1 nitrogen and oxygen atoms in total. The lowest BCUT2D eigenvalue weighted by molar-refractivity contribution is 0.319. The average molecular weight is 346 g/mol. The summed E-state index contributed by atoms with van der Waals surface area (Å²) < 4.78 is 0. The molecule has 0 radical (unpaired) electrons. The van der Waals surface area contributed by atoms with Crippen molar-refractivity contribution < 1.29 is 0 Å². The number of aliphatic imine (C=N–C) groups is 1. The first-order valence-corrected chi connectivity index (χ1v) is 10.1. The second-order valence-corrected chi connectivity index (χ2v) is 7.54. The Hall–Kier alpha value is -2.15. The van der Waals surface area contributed by atoms with E-state index in [1.165, 1.54) is 43.2 Å². The lowest BCUT2D eigenvalue weighted by Crippen LogP contribution is -2.12. The van der Waals surface area contributed by atoms with E-state index in [1.54, 1.807) is 0 Å². The molecule has 0 aliphatic heterocycles. The lowest BCUT2D eigenvalue weighted by atomic mass is 9.78. The number of aryl methyl sites for hydroxylation is 1. The largest absolute Gasteiger partial charge is 0.256 e. The highest BCUT2D eigenvalue weighted by Gasteiger charge is 2.20. The van der Waals surface area contributed by atoms with Crippen LogP contribution in [0.25, 0.3) is 0 Å². The fourth-order valence-electron chi connectivity index (χ4n) is 3.92. The predicted octanol–water partition coefficient (Wildman–Crippen LogP) is 7.24. The number of hydrogen-bond acceptors (Lipinski definition) is 1. The van der Waals surface area contributed by atoms with Gasteiger partial charge in [0.15, 0.2) is 0 Å². The Morgan fingerprint density at radius 3 is 2.27 bits per heavy atom. The van der Waals surface area contributed by atoms with Crippen LogP contribution in [0.15, 0.2) is 66.2 Å². The van der Waals surface area contributed by atoms with Crippen molar-refractivity contribution in [1.29, 1.82) is 0 Å². The Morgan fingerprint density at radius 1 is 0.962 bits per heavy atom. The van der Waals surface area contributed by atoms with Crippen LogP contribution < -0.4 is 0 Å². The highest BCUT2D eigenvalue weighted by Crippen LogP contribution is 2.37. The molecule has 0 atom stereocenters. The van der Waals surface area contributed by atoms with Crippen molar-refractivity contribution in [1.82, 2.24) is 0 Å². The summed E-state index contributed by atoms with van der Waals surface area (Å²) in [6, 6.07) is 17.5. The molecule has 0 saturated heterocycles. The van der Waals surface area contributed by atoms with Crippen molar-refractivity contribution in [3.05, 3.63) is 77.9 Å². The number of nitrogens with zero attached hydrogens (tertiary/aromatic N) is 1. The monoisotopic (exact) mass is 345 g/mol. The third-order valence-electron chi connectivity index (χ3n) is 5.77. The van der Waals surface area contributed by atoms with E-state index in [-0.39, 0.29) is 0 Å². The minimum absolute atomic E-state index is 0.749. The Bertz CT molecular complexity index is 701. The van der Waals surface area contributed by atoms with Gasteiger partial charge in [-0.25, -0.2) is 0 Å². The highest BCUT2D eigenvalue weighted by molar-refractivity contribution is 5.81. The van der Waals surface area contributed by atoms with Crippen molar-refractivity contribution in [3.63, 3.8) is 0 Å². The molecule has 0 aromatic heterocycles. The fourth-order valence-corrected chi connectivity index (χ4v) is 3.92. The van der Waals surface area contributed by atoms with Gasteiger partial charge in [-0.3, -0.25) is 4.99 Å². The number of allylic oxidation sites excluding steroid dienone is 1. The Kier molecular flexibility index (Phi) is 6.82. The van der Waals surface area contributed by atoms with Crippen LogP contribution in [0.2, 0.25) is 0 Å². The third kappa shape index (κ3) is 5.17. The van der Waals surface area contributed by atoms with Gasteiger partial charge < -0.3 is 0 Å². The summed E-state index contributed by atoms with van der Waals surface area (Å²) in [5, 5.41) is 0. The molecular weight excluding hydrogens is 314 g/mol. The Morgan fingerprint density at radius 2 is 1.65 bits per heavy atom. The average Bonchev–Trinajstić information content (AvgIpc) is 2.72. The maximum atomic E-state index is 4.64. The molecule has 1 fully saturated rings. The van der Waals surface area contributed by atoms with Crippen molar-refractivity contribution in [3.8, 4) is 0 Å². The van der Waals surface area contributed by atoms with E-state index in [1.807, 2.05) is 12.3 Å². The summed E-state index contributed by atoms with van der Waals surface area (Å²) in [5.41, 5.74) is 5.02. The smallest absolute Gasteiger partial charge is 0.0630 e. The van der Waals surface area contributed by atoms with Crippen LogP contribution in [0.1, 0.15) is 68.1 Å². The minimum Gasteiger partial charge on any atom is -0.256 e. The lowest BCUT2D eigenvalue weighted by Gasteiger charge is -2.28. The van der Waals surface area contributed by atoms with E-state index >= 15 is 0 Å². The van der Waals surface area contributed by atoms with Crippen molar-refractivity contribution in [2.24, 2.45) is 10.9 Å². The minimum atomic E-state index is 0.749. The Balaban J connectivity index is 1.57. The predicted molar refractivity (Wildman–Crippen MR) is 114 cm³/mol. The first-order chi connectivity index (χ1) is 12.8. The summed E-state index contributed by atoms with van der Waals surface area (Å²) in [4.78, 5) is 4.64. The van der Waals surface area contributed by atoms with Crippen molar-refractivity contribution in [2.75, 3.05) is 0 Å². The van der Waals surface area contributed by atoms with E-state index in [9.17, 15) is 0 Å². The second kappa shape index (κ2) is 9.52. The van der Waals surface area contributed by atoms with Crippen LogP contribution in [-0.2, 0) is 6.42 Å². The molecule has 0 unspecified atom stereocenters. The maximum absolute atomic E-state index is 4.64. The standard InChI is InChI=1S/C25H31N/c1-3-5-6-21-7-9-22(10-8-21)19-26-25-17-15-24(16-18-25)23-13-11-20(4-2)12-14-23/h3,7-10,15-20,23H,1,4-6,11-14H2,2H3. The number of benzene rings is 2. The first kappa shape index (κ1) is 18.6. The summed E-state index contributed by atoms with van der Waals surface area (Å²) in [7, 11) is 0. The molecule has 1 heteroatoms. The summed E-state index contributed by atoms with van der Waals surface area (Å²) in [6.45, 7) is 6.10. The van der Waals surface area contributed by atoms with Gasteiger partial charge in [0.05, 0.1) is 5.69 Å². The molecular formula is C25H31N. The highest BCUT2D eigenvalue weighted by atomic mass is 14.7. The topological polar surface area (TPSA) is 12.4 Å². The molecule has 3 rings (SSSR count). The number of rotatable bonds is 7. The summed E-state index contributed by atoms with van der Waals surface area (Å²) >= 11 is 0. The molecule has 0 bridgehead atoms. The van der Waals surface area contributed by atoms with Gasteiger partial charge in [-0.15, -0.1) is 6.58 Å². The van der Waals surface area contributed by atoms with Crippen LogP contribution >= 0.6 is 0 Å². The zero-order chi connectivity index (χ0) is 18.2. The molecule has 0 amide bonds. The molecule has 26 heavy (non-hydrogen) atoms. The summed E-state index contributed by atoms with van der Waals surface area (Å²) in [5.74, 6) is 1.71. The fraction of sp³-hybridized carbons (Fsp3) is 0.400. The molecule has 0 spiro atoms. The number of hydrogen-bond donors (Lipinski definition) is 0. The van der Waals surface area contributed by atoms with E-state index in [2.05, 4.69) is 67.0 Å². The van der Waals surface area contributed by atoms with Gasteiger partial charge in [0.1, 0.15) is 0 Å². The van der Waals surface area contributed by atoms with Gasteiger partial charge in [-0.1, -0.05) is 55.8 Å². The van der Waals surface area contributed by atoms with Gasteiger partial charge in [0.2, 0.25) is 0 Å². The third-order valence-corrected chi connectivity index (χ3v) is 5.77. The van der Waals surface area contributed by atoms with Gasteiger partial charge in [0, 0.05) is 6.21 Å². The Labute approximate surface area is 158 Å². The molecule has 0 N–H and O–H groups in total. The second-order valence-electron chi connectivity index (χ2n) is 7.54. The van der Waals surface area contributed by atoms with E-state index in [0.717, 1.165) is 35.9 Å². The van der Waals surface area contributed by atoms with Crippen LogP contribution in [0.3, 0.4) is 0 Å². The molecule has 2 aromatic carbocycles. The SMILES string of the molecule is C=CCCc1ccc(C=Nc2ccc(C3CCC(CC)CC3)cc2)cc1. The van der Waals surface area contributed by atoms with Crippen LogP contribution in [0, 0.1) is 5.92 Å². The molecule has 0 heterocycles. The van der Waals surface area contributed by atoms with Gasteiger partial charge in [0.25, 0.3) is 0 Å². The molecule has 2 aromatic rings. The summed E-state index contributed by atoms with van der Waals surface area (Å²) in [6.07, 6.45) is 12.8.